The van der Waals surface area contributed by atoms with Crippen LogP contribution in [0, 0.1) is 0 Å². The van der Waals surface area contributed by atoms with Gasteiger partial charge in [-0.25, -0.2) is 4.98 Å². The average Bonchev–Trinajstić information content (AvgIpc) is 2.76. The lowest BCUT2D eigenvalue weighted by Gasteiger charge is -2.10. The van der Waals surface area contributed by atoms with E-state index in [2.05, 4.69) is 4.98 Å². The Morgan fingerprint density at radius 3 is 2.53 bits per heavy atom. The number of rotatable bonds is 2. The largest absolute Gasteiger partial charge is 0.417 e. The molecule has 0 radical (unpaired) electrons. The van der Waals surface area contributed by atoms with Crippen LogP contribution in [0.15, 0.2) is 30.5 Å². The molecule has 0 saturated carbocycles. The van der Waals surface area contributed by atoms with Crippen molar-refractivity contribution in [3.8, 4) is 10.4 Å². The van der Waals surface area contributed by atoms with E-state index in [1.807, 2.05) is 0 Å². The molecule has 2 rings (SSSR count). The highest BCUT2D eigenvalue weighted by Crippen LogP contribution is 2.38. The number of hydrogen-bond acceptors (Lipinski definition) is 3. The summed E-state index contributed by atoms with van der Waals surface area (Å²) < 4.78 is 38.2. The van der Waals surface area contributed by atoms with Crippen LogP contribution in [-0.2, 0) is 6.18 Å². The Kier molecular flexibility index (Phi) is 2.97. The summed E-state index contributed by atoms with van der Waals surface area (Å²) in [6.07, 6.45) is -2.62. The van der Waals surface area contributed by atoms with Gasteiger partial charge in [0.1, 0.15) is 0 Å². The van der Waals surface area contributed by atoms with Crippen LogP contribution in [0.1, 0.15) is 15.4 Å². The summed E-state index contributed by atoms with van der Waals surface area (Å²) in [7, 11) is 0. The maximum absolute atomic E-state index is 12.7. The highest BCUT2D eigenvalue weighted by molar-refractivity contribution is 7.16. The van der Waals surface area contributed by atoms with Crippen molar-refractivity contribution < 1.29 is 18.0 Å². The first-order valence-electron chi connectivity index (χ1n) is 4.60. The summed E-state index contributed by atoms with van der Waals surface area (Å²) in [5.41, 5.74) is -0.674. The van der Waals surface area contributed by atoms with E-state index < -0.39 is 11.7 Å². The molecule has 0 bridgehead atoms. The van der Waals surface area contributed by atoms with Gasteiger partial charge in [-0.2, -0.15) is 13.2 Å². The predicted octanol–water partition coefficient (Wildman–Crippen LogP) is 3.64. The minimum atomic E-state index is -4.41. The Balaban J connectivity index is 2.55. The molecule has 0 aliphatic heterocycles. The molecular formula is C11H6F3NOS. The molecule has 0 unspecified atom stereocenters. The monoisotopic (exact) mass is 257 g/mol. The molecule has 1 heterocycles. The molecule has 0 aliphatic carbocycles. The van der Waals surface area contributed by atoms with E-state index in [0.717, 1.165) is 17.4 Å². The second kappa shape index (κ2) is 4.29. The van der Waals surface area contributed by atoms with Crippen LogP contribution in [0.25, 0.3) is 10.4 Å². The number of alkyl halides is 3. The number of thiazole rings is 1. The summed E-state index contributed by atoms with van der Waals surface area (Å²) in [6, 6.07) is 5.22. The third-order valence-electron chi connectivity index (χ3n) is 2.12. The second-order valence-electron chi connectivity index (χ2n) is 3.22. The Hall–Kier alpha value is -1.69. The maximum atomic E-state index is 12.7. The first-order chi connectivity index (χ1) is 8.02. The van der Waals surface area contributed by atoms with Gasteiger partial charge in [0.2, 0.25) is 0 Å². The van der Waals surface area contributed by atoms with Gasteiger partial charge in [0, 0.05) is 11.8 Å². The summed E-state index contributed by atoms with van der Waals surface area (Å²) in [5, 5.41) is 0.164. The fourth-order valence-electron chi connectivity index (χ4n) is 1.41. The van der Waals surface area contributed by atoms with Gasteiger partial charge in [-0.3, -0.25) is 4.79 Å². The fraction of sp³-hybridized carbons (Fsp3) is 0.0909. The van der Waals surface area contributed by atoms with Crippen molar-refractivity contribution in [3.63, 3.8) is 0 Å². The minimum absolute atomic E-state index is 0.0469. The molecule has 0 spiro atoms. The Bertz CT molecular complexity index is 548. The quantitative estimate of drug-likeness (QED) is 0.769. The summed E-state index contributed by atoms with van der Waals surface area (Å²) in [4.78, 5) is 14.5. The Labute approximate surface area is 98.7 Å². The first-order valence-corrected chi connectivity index (χ1v) is 5.41. The molecule has 0 fully saturated rings. The molecule has 88 valence electrons. The third-order valence-corrected chi connectivity index (χ3v) is 3.08. The highest BCUT2D eigenvalue weighted by atomic mass is 32.1. The molecule has 1 aromatic heterocycles. The number of carbonyl (C=O) groups excluding carboxylic acids is 1. The number of aldehydes is 1. The van der Waals surface area contributed by atoms with Crippen LogP contribution in [0.2, 0.25) is 0 Å². The SMILES string of the molecule is O=Cc1ncc(-c2ccccc2C(F)(F)F)s1. The van der Waals surface area contributed by atoms with Crippen LogP contribution in [0.5, 0.6) is 0 Å². The Morgan fingerprint density at radius 1 is 1.24 bits per heavy atom. The van der Waals surface area contributed by atoms with Crippen molar-refractivity contribution in [2.45, 2.75) is 6.18 Å². The molecule has 0 N–H and O–H groups in total. The van der Waals surface area contributed by atoms with Gasteiger partial charge in [0.15, 0.2) is 11.3 Å². The van der Waals surface area contributed by atoms with Gasteiger partial charge in [-0.1, -0.05) is 18.2 Å². The van der Waals surface area contributed by atoms with Gasteiger partial charge in [0.05, 0.1) is 10.4 Å². The molecule has 1 aromatic carbocycles. The number of carbonyl (C=O) groups is 1. The van der Waals surface area contributed by atoms with Crippen molar-refractivity contribution >= 4 is 17.6 Å². The van der Waals surface area contributed by atoms with E-state index in [-0.39, 0.29) is 10.6 Å². The second-order valence-corrected chi connectivity index (χ2v) is 4.29. The topological polar surface area (TPSA) is 30.0 Å². The van der Waals surface area contributed by atoms with Crippen molar-refractivity contribution in [1.29, 1.82) is 0 Å². The number of hydrogen-bond donors (Lipinski definition) is 0. The smallest absolute Gasteiger partial charge is 0.295 e. The molecule has 17 heavy (non-hydrogen) atoms. The van der Waals surface area contributed by atoms with Crippen LogP contribution in [0.3, 0.4) is 0 Å². The van der Waals surface area contributed by atoms with Crippen LogP contribution in [-0.4, -0.2) is 11.3 Å². The number of benzene rings is 1. The lowest BCUT2D eigenvalue weighted by Crippen LogP contribution is -2.06. The Morgan fingerprint density at radius 2 is 1.94 bits per heavy atom. The zero-order valence-corrected chi connectivity index (χ0v) is 9.18. The van der Waals surface area contributed by atoms with E-state index in [9.17, 15) is 18.0 Å². The maximum Gasteiger partial charge on any atom is 0.417 e. The number of aromatic nitrogens is 1. The fourth-order valence-corrected chi connectivity index (χ4v) is 2.18. The third kappa shape index (κ3) is 2.36. The van der Waals surface area contributed by atoms with Crippen molar-refractivity contribution in [2.75, 3.05) is 0 Å². The molecule has 0 aliphatic rings. The van der Waals surface area contributed by atoms with E-state index in [1.54, 1.807) is 0 Å². The standard InChI is InChI=1S/C11H6F3NOS/c12-11(13,14)8-4-2-1-3-7(8)9-5-15-10(6-16)17-9/h1-6H. The van der Waals surface area contributed by atoms with Gasteiger partial charge in [-0.15, -0.1) is 11.3 Å². The molecule has 2 aromatic rings. The zero-order chi connectivity index (χ0) is 12.5. The van der Waals surface area contributed by atoms with Crippen molar-refractivity contribution in [2.24, 2.45) is 0 Å². The van der Waals surface area contributed by atoms with E-state index in [1.165, 1.54) is 24.4 Å². The molecule has 0 amide bonds. The van der Waals surface area contributed by atoms with Gasteiger partial charge in [0.25, 0.3) is 0 Å². The van der Waals surface area contributed by atoms with E-state index in [4.69, 9.17) is 0 Å². The van der Waals surface area contributed by atoms with Gasteiger partial charge < -0.3 is 0 Å². The van der Waals surface area contributed by atoms with Crippen LogP contribution in [0.4, 0.5) is 13.2 Å². The number of nitrogens with zero attached hydrogens (tertiary/aromatic N) is 1. The van der Waals surface area contributed by atoms with E-state index >= 15 is 0 Å². The molecule has 6 heteroatoms. The lowest BCUT2D eigenvalue weighted by atomic mass is 10.1. The summed E-state index contributed by atoms with van der Waals surface area (Å²) in [5.74, 6) is 0. The van der Waals surface area contributed by atoms with Crippen molar-refractivity contribution in [3.05, 3.63) is 41.0 Å². The van der Waals surface area contributed by atoms with E-state index in [0.29, 0.717) is 11.2 Å². The summed E-state index contributed by atoms with van der Waals surface area (Å²) >= 11 is 0.937. The highest BCUT2D eigenvalue weighted by Gasteiger charge is 2.33. The number of halogens is 3. The lowest BCUT2D eigenvalue weighted by molar-refractivity contribution is -0.137. The zero-order valence-electron chi connectivity index (χ0n) is 8.36. The normalized spacial score (nSPS) is 11.5. The minimum Gasteiger partial charge on any atom is -0.295 e. The molecular weight excluding hydrogens is 251 g/mol. The van der Waals surface area contributed by atoms with Crippen LogP contribution < -0.4 is 0 Å². The molecule has 2 nitrogen and oxygen atoms in total. The van der Waals surface area contributed by atoms with Crippen molar-refractivity contribution in [1.82, 2.24) is 4.98 Å². The van der Waals surface area contributed by atoms with Crippen LogP contribution >= 0.6 is 11.3 Å². The predicted molar refractivity (Wildman–Crippen MR) is 57.9 cm³/mol. The van der Waals surface area contributed by atoms with Gasteiger partial charge >= 0.3 is 6.18 Å². The summed E-state index contributed by atoms with van der Waals surface area (Å²) in [6.45, 7) is 0. The average molecular weight is 257 g/mol. The van der Waals surface area contributed by atoms with Gasteiger partial charge in [-0.05, 0) is 6.07 Å². The molecule has 0 atom stereocenters. The first kappa shape index (κ1) is 11.8. The molecule has 0 saturated heterocycles.